The molecule has 1 fully saturated rings. The molecular formula is C13H17NO7S. The fourth-order valence-electron chi connectivity index (χ4n) is 2.01. The third kappa shape index (κ3) is 5.88. The number of ether oxygens (including phenoxy) is 4. The molecule has 1 aliphatic heterocycles. The van der Waals surface area contributed by atoms with Crippen LogP contribution in [0.5, 0.6) is 0 Å². The van der Waals surface area contributed by atoms with Crippen molar-refractivity contribution in [1.29, 1.82) is 0 Å². The average molecular weight is 331 g/mol. The maximum atomic E-state index is 11.2. The highest BCUT2D eigenvalue weighted by atomic mass is 32.1. The Morgan fingerprint density at radius 3 is 2.32 bits per heavy atom. The van der Waals surface area contributed by atoms with Crippen LogP contribution in [0.3, 0.4) is 0 Å². The minimum atomic E-state index is -1.10. The predicted octanol–water partition coefficient (Wildman–Crippen LogP) is 0.631. The third-order valence-electron chi connectivity index (χ3n) is 2.76. The molecule has 1 saturated heterocycles. The monoisotopic (exact) mass is 331 g/mol. The van der Waals surface area contributed by atoms with Crippen molar-refractivity contribution in [2.45, 2.75) is 51.7 Å². The Morgan fingerprint density at radius 1 is 1.18 bits per heavy atom. The van der Waals surface area contributed by atoms with Gasteiger partial charge in [-0.3, -0.25) is 14.4 Å². The minimum absolute atomic E-state index is 0.0567. The summed E-state index contributed by atoms with van der Waals surface area (Å²) in [5, 5.41) is 2.17. The molecule has 0 N–H and O–H groups in total. The van der Waals surface area contributed by atoms with Gasteiger partial charge in [0.15, 0.2) is 6.04 Å². The third-order valence-corrected chi connectivity index (χ3v) is 2.86. The quantitative estimate of drug-likeness (QED) is 0.313. The van der Waals surface area contributed by atoms with Gasteiger partial charge >= 0.3 is 17.9 Å². The normalized spacial score (nSPS) is 27.2. The molecule has 0 aliphatic carbocycles. The van der Waals surface area contributed by atoms with E-state index in [2.05, 4.69) is 22.4 Å². The largest absolute Gasteiger partial charge is 0.463 e. The molecule has 0 saturated carbocycles. The van der Waals surface area contributed by atoms with E-state index in [0.717, 1.165) is 0 Å². The predicted molar refractivity (Wildman–Crippen MR) is 76.0 cm³/mol. The van der Waals surface area contributed by atoms with Crippen LogP contribution in [0.1, 0.15) is 27.2 Å². The van der Waals surface area contributed by atoms with Crippen molar-refractivity contribution in [1.82, 2.24) is 0 Å². The van der Waals surface area contributed by atoms with Crippen LogP contribution < -0.4 is 0 Å². The van der Waals surface area contributed by atoms with Crippen LogP contribution in [-0.2, 0) is 33.3 Å². The first kappa shape index (κ1) is 18.2. The topological polar surface area (TPSA) is 100 Å². The first-order chi connectivity index (χ1) is 10.3. The summed E-state index contributed by atoms with van der Waals surface area (Å²) in [6.07, 6.45) is -2.22. The molecule has 8 nitrogen and oxygen atoms in total. The van der Waals surface area contributed by atoms with Gasteiger partial charge in [-0.25, -0.2) is 4.99 Å². The Hall–Kier alpha value is -1.83. The molecule has 1 unspecified atom stereocenters. The average Bonchev–Trinajstić information content (AvgIpc) is 2.38. The molecule has 4 atom stereocenters. The molecule has 0 aromatic heterocycles. The number of rotatable bonds is 5. The maximum absolute atomic E-state index is 11.2. The summed E-state index contributed by atoms with van der Waals surface area (Å²) >= 11 is 4.56. The number of nitrogens with zero attached hydrogens (tertiary/aromatic N) is 1. The second-order valence-corrected chi connectivity index (χ2v) is 4.82. The van der Waals surface area contributed by atoms with E-state index in [1.165, 1.54) is 20.8 Å². The van der Waals surface area contributed by atoms with E-state index >= 15 is 0 Å². The summed E-state index contributed by atoms with van der Waals surface area (Å²) in [6.45, 7) is 3.65. The number of aliphatic imine (C=N–C) groups is 1. The summed E-state index contributed by atoms with van der Waals surface area (Å²) in [5.41, 5.74) is 0. The van der Waals surface area contributed by atoms with Crippen molar-refractivity contribution < 1.29 is 33.3 Å². The van der Waals surface area contributed by atoms with Gasteiger partial charge < -0.3 is 18.9 Å². The molecule has 22 heavy (non-hydrogen) atoms. The number of hydrogen-bond acceptors (Lipinski definition) is 9. The molecule has 1 heterocycles. The van der Waals surface area contributed by atoms with E-state index in [-0.39, 0.29) is 13.0 Å². The molecular weight excluding hydrogens is 314 g/mol. The molecule has 122 valence electrons. The molecule has 0 amide bonds. The minimum Gasteiger partial charge on any atom is -0.463 e. The lowest BCUT2D eigenvalue weighted by Gasteiger charge is -2.37. The molecule has 0 bridgehead atoms. The number of isothiocyanates is 1. The van der Waals surface area contributed by atoms with Gasteiger partial charge in [-0.15, -0.1) is 0 Å². The zero-order chi connectivity index (χ0) is 16.7. The standard InChI is InChI=1S/C13H17NO7S/c1-7(15)18-5-10-4-11(19-8(2)16)12(14-6-22)13(21-10)20-9(3)17/h10-13H,4-5H2,1-3H3/t10-,11-,12+,13?/m0/s1. The first-order valence-electron chi connectivity index (χ1n) is 6.53. The highest BCUT2D eigenvalue weighted by molar-refractivity contribution is 7.78. The van der Waals surface area contributed by atoms with Gasteiger partial charge in [0.2, 0.25) is 6.29 Å². The Balaban J connectivity index is 2.92. The van der Waals surface area contributed by atoms with Crippen molar-refractivity contribution in [2.75, 3.05) is 6.61 Å². The first-order valence-corrected chi connectivity index (χ1v) is 6.94. The van der Waals surface area contributed by atoms with Crippen LogP contribution in [0, 0.1) is 0 Å². The number of carbonyl (C=O) groups excluding carboxylic acids is 3. The van der Waals surface area contributed by atoms with E-state index in [4.69, 9.17) is 18.9 Å². The Bertz CT molecular complexity index is 463. The van der Waals surface area contributed by atoms with E-state index in [0.29, 0.717) is 0 Å². The second kappa shape index (κ2) is 8.57. The fraction of sp³-hybridized carbons (Fsp3) is 0.692. The van der Waals surface area contributed by atoms with Gasteiger partial charge in [0, 0.05) is 27.2 Å². The molecule has 0 aromatic rings. The molecule has 1 aliphatic rings. The molecule has 0 radical (unpaired) electrons. The highest BCUT2D eigenvalue weighted by Crippen LogP contribution is 2.26. The van der Waals surface area contributed by atoms with Crippen molar-refractivity contribution in [3.63, 3.8) is 0 Å². The lowest BCUT2D eigenvalue weighted by molar-refractivity contribution is -0.232. The summed E-state index contributed by atoms with van der Waals surface area (Å²) in [4.78, 5) is 37.1. The Labute approximate surface area is 132 Å². The molecule has 1 rings (SSSR count). The van der Waals surface area contributed by atoms with Gasteiger partial charge in [0.05, 0.1) is 11.3 Å². The second-order valence-electron chi connectivity index (χ2n) is 4.63. The zero-order valence-electron chi connectivity index (χ0n) is 12.4. The van der Waals surface area contributed by atoms with E-state index < -0.39 is 42.4 Å². The van der Waals surface area contributed by atoms with Crippen LogP contribution in [0.25, 0.3) is 0 Å². The zero-order valence-corrected chi connectivity index (χ0v) is 13.3. The summed E-state index contributed by atoms with van der Waals surface area (Å²) in [7, 11) is 0. The lowest BCUT2D eigenvalue weighted by Crippen LogP contribution is -2.51. The number of carbonyl (C=O) groups is 3. The van der Waals surface area contributed by atoms with Crippen LogP contribution in [0.4, 0.5) is 0 Å². The van der Waals surface area contributed by atoms with Crippen molar-refractivity contribution >= 4 is 35.3 Å². The lowest BCUT2D eigenvalue weighted by atomic mass is 10.0. The highest BCUT2D eigenvalue weighted by Gasteiger charge is 2.43. The Morgan fingerprint density at radius 2 is 1.82 bits per heavy atom. The molecule has 0 spiro atoms. The van der Waals surface area contributed by atoms with Crippen LogP contribution in [0.15, 0.2) is 4.99 Å². The SMILES string of the molecule is CC(=O)OC[C@@H]1C[C@H](OC(C)=O)[C@@H](N=C=S)C(OC(C)=O)O1. The van der Waals surface area contributed by atoms with Gasteiger partial charge in [-0.1, -0.05) is 0 Å². The van der Waals surface area contributed by atoms with Gasteiger partial charge in [0.25, 0.3) is 0 Å². The smallest absolute Gasteiger partial charge is 0.305 e. The van der Waals surface area contributed by atoms with Crippen LogP contribution >= 0.6 is 12.2 Å². The van der Waals surface area contributed by atoms with Crippen molar-refractivity contribution in [2.24, 2.45) is 4.99 Å². The summed E-state index contributed by atoms with van der Waals surface area (Å²) in [5.74, 6) is -1.59. The number of hydrogen-bond donors (Lipinski definition) is 0. The number of esters is 3. The van der Waals surface area contributed by atoms with Crippen LogP contribution in [0.2, 0.25) is 0 Å². The Kier molecular flexibility index (Phi) is 7.10. The van der Waals surface area contributed by atoms with Crippen LogP contribution in [-0.4, -0.2) is 54.2 Å². The maximum Gasteiger partial charge on any atom is 0.305 e. The van der Waals surface area contributed by atoms with Crippen molar-refractivity contribution in [3.8, 4) is 0 Å². The summed E-state index contributed by atoms with van der Waals surface area (Å²) in [6, 6.07) is -0.820. The summed E-state index contributed by atoms with van der Waals surface area (Å²) < 4.78 is 20.6. The van der Waals surface area contributed by atoms with E-state index in [9.17, 15) is 14.4 Å². The van der Waals surface area contributed by atoms with Gasteiger partial charge in [-0.05, 0) is 12.2 Å². The molecule has 9 heteroatoms. The van der Waals surface area contributed by atoms with E-state index in [1.807, 2.05) is 0 Å². The fourth-order valence-corrected chi connectivity index (χ4v) is 2.14. The van der Waals surface area contributed by atoms with E-state index in [1.54, 1.807) is 0 Å². The van der Waals surface area contributed by atoms with Crippen molar-refractivity contribution in [3.05, 3.63) is 0 Å². The van der Waals surface area contributed by atoms with Gasteiger partial charge in [-0.2, -0.15) is 0 Å². The molecule has 0 aromatic carbocycles. The van der Waals surface area contributed by atoms with Gasteiger partial charge in [0.1, 0.15) is 12.7 Å². The number of thiocarbonyl (C=S) groups is 1.